The molecule has 1 aromatic rings. The van der Waals surface area contributed by atoms with Crippen LogP contribution in [-0.2, 0) is 6.54 Å². The van der Waals surface area contributed by atoms with E-state index in [0.29, 0.717) is 17.2 Å². The van der Waals surface area contributed by atoms with Gasteiger partial charge < -0.3 is 19.5 Å². The summed E-state index contributed by atoms with van der Waals surface area (Å²) in [6.07, 6.45) is 3.30. The van der Waals surface area contributed by atoms with Crippen molar-refractivity contribution >= 4 is 11.8 Å². The van der Waals surface area contributed by atoms with Gasteiger partial charge in [0.1, 0.15) is 0 Å². The lowest BCUT2D eigenvalue weighted by molar-refractivity contribution is 0.323. The van der Waals surface area contributed by atoms with Crippen LogP contribution in [-0.4, -0.2) is 39.9 Å². The fraction of sp³-hybridized carbons (Fsp3) is 0.571. The molecule has 0 heterocycles. The molecule has 1 rings (SSSR count). The summed E-state index contributed by atoms with van der Waals surface area (Å²) in [5.74, 6) is 3.21. The van der Waals surface area contributed by atoms with Crippen LogP contribution in [0.2, 0.25) is 0 Å². The van der Waals surface area contributed by atoms with Gasteiger partial charge in [0.15, 0.2) is 11.5 Å². The minimum Gasteiger partial charge on any atom is -0.493 e. The summed E-state index contributed by atoms with van der Waals surface area (Å²) < 4.78 is 16.0. The monoisotopic (exact) mass is 285 g/mol. The van der Waals surface area contributed by atoms with Crippen LogP contribution in [0.1, 0.15) is 12.0 Å². The highest BCUT2D eigenvalue weighted by atomic mass is 32.2. The summed E-state index contributed by atoms with van der Waals surface area (Å²) in [4.78, 5) is 0. The topological polar surface area (TPSA) is 39.7 Å². The standard InChI is InChI=1S/C14H23NO3S/c1-16-12-8-11(10-15-6-5-7-19-4)9-13(17-2)14(12)18-3/h8-9,15H,5-7,10H2,1-4H3. The van der Waals surface area contributed by atoms with Crippen molar-refractivity contribution in [1.82, 2.24) is 5.32 Å². The molecule has 19 heavy (non-hydrogen) atoms. The largest absolute Gasteiger partial charge is 0.493 e. The minimum absolute atomic E-state index is 0.635. The molecule has 0 amide bonds. The van der Waals surface area contributed by atoms with Crippen LogP contribution >= 0.6 is 11.8 Å². The summed E-state index contributed by atoms with van der Waals surface area (Å²) in [6.45, 7) is 1.81. The number of ether oxygens (including phenoxy) is 3. The van der Waals surface area contributed by atoms with Crippen molar-refractivity contribution in [3.63, 3.8) is 0 Å². The third-order valence-corrected chi connectivity index (χ3v) is 3.45. The van der Waals surface area contributed by atoms with Crippen LogP contribution < -0.4 is 19.5 Å². The van der Waals surface area contributed by atoms with Crippen molar-refractivity contribution in [3.05, 3.63) is 17.7 Å². The van der Waals surface area contributed by atoms with Crippen LogP contribution in [0.25, 0.3) is 0 Å². The molecule has 4 nitrogen and oxygen atoms in total. The predicted octanol–water partition coefficient (Wildman–Crippen LogP) is 2.56. The van der Waals surface area contributed by atoms with Crippen molar-refractivity contribution in [1.29, 1.82) is 0 Å². The SMILES string of the molecule is COc1cc(CNCCCSC)cc(OC)c1OC. The van der Waals surface area contributed by atoms with Crippen molar-refractivity contribution in [2.45, 2.75) is 13.0 Å². The molecule has 0 unspecified atom stereocenters. The van der Waals surface area contributed by atoms with Gasteiger partial charge in [0.25, 0.3) is 0 Å². The van der Waals surface area contributed by atoms with E-state index in [-0.39, 0.29) is 0 Å². The molecule has 0 spiro atoms. The lowest BCUT2D eigenvalue weighted by Gasteiger charge is -2.14. The highest BCUT2D eigenvalue weighted by Gasteiger charge is 2.12. The smallest absolute Gasteiger partial charge is 0.203 e. The van der Waals surface area contributed by atoms with Crippen molar-refractivity contribution in [2.75, 3.05) is 39.9 Å². The van der Waals surface area contributed by atoms with E-state index in [4.69, 9.17) is 14.2 Å². The normalized spacial score (nSPS) is 10.3. The van der Waals surface area contributed by atoms with E-state index in [1.807, 2.05) is 23.9 Å². The summed E-state index contributed by atoms with van der Waals surface area (Å²) in [5.41, 5.74) is 1.12. The summed E-state index contributed by atoms with van der Waals surface area (Å²) in [5, 5.41) is 3.41. The first-order chi connectivity index (χ1) is 9.26. The Morgan fingerprint density at radius 1 is 1.05 bits per heavy atom. The van der Waals surface area contributed by atoms with E-state index >= 15 is 0 Å². The average Bonchev–Trinajstić information content (AvgIpc) is 2.45. The van der Waals surface area contributed by atoms with E-state index < -0.39 is 0 Å². The van der Waals surface area contributed by atoms with Gasteiger partial charge in [0.2, 0.25) is 5.75 Å². The Morgan fingerprint density at radius 3 is 2.16 bits per heavy atom. The van der Waals surface area contributed by atoms with Gasteiger partial charge in [-0.2, -0.15) is 11.8 Å². The third kappa shape index (κ3) is 4.84. The zero-order valence-electron chi connectivity index (χ0n) is 12.1. The van der Waals surface area contributed by atoms with Crippen LogP contribution in [0, 0.1) is 0 Å². The van der Waals surface area contributed by atoms with Crippen molar-refractivity contribution in [3.8, 4) is 17.2 Å². The second-order valence-electron chi connectivity index (χ2n) is 4.06. The second kappa shape index (κ2) is 8.93. The predicted molar refractivity (Wildman–Crippen MR) is 80.8 cm³/mol. The van der Waals surface area contributed by atoms with E-state index in [1.165, 1.54) is 12.2 Å². The molecule has 0 radical (unpaired) electrons. The first-order valence-corrected chi connectivity index (χ1v) is 7.64. The van der Waals surface area contributed by atoms with Crippen molar-refractivity contribution < 1.29 is 14.2 Å². The summed E-state index contributed by atoms with van der Waals surface area (Å²) in [6, 6.07) is 3.95. The number of thioether (sulfide) groups is 1. The van der Waals surface area contributed by atoms with Crippen LogP contribution in [0.4, 0.5) is 0 Å². The van der Waals surface area contributed by atoms with E-state index in [0.717, 1.165) is 18.7 Å². The fourth-order valence-corrected chi connectivity index (χ4v) is 2.24. The molecule has 108 valence electrons. The lowest BCUT2D eigenvalue weighted by Crippen LogP contribution is -2.15. The molecule has 0 saturated heterocycles. The van der Waals surface area contributed by atoms with Crippen LogP contribution in [0.3, 0.4) is 0 Å². The molecule has 0 aromatic heterocycles. The molecule has 1 N–H and O–H groups in total. The van der Waals surface area contributed by atoms with E-state index in [9.17, 15) is 0 Å². The first kappa shape index (κ1) is 16.0. The Morgan fingerprint density at radius 2 is 1.68 bits per heavy atom. The Hall–Kier alpha value is -1.07. The Kier molecular flexibility index (Phi) is 7.52. The summed E-state index contributed by atoms with van der Waals surface area (Å²) >= 11 is 1.87. The Balaban J connectivity index is 2.68. The van der Waals surface area contributed by atoms with Gasteiger partial charge in [-0.3, -0.25) is 0 Å². The van der Waals surface area contributed by atoms with Crippen LogP contribution in [0.5, 0.6) is 17.2 Å². The molecule has 0 bridgehead atoms. The zero-order chi connectivity index (χ0) is 14.1. The maximum atomic E-state index is 5.33. The van der Waals surface area contributed by atoms with Gasteiger partial charge >= 0.3 is 0 Å². The van der Waals surface area contributed by atoms with Gasteiger partial charge in [-0.05, 0) is 42.7 Å². The zero-order valence-corrected chi connectivity index (χ0v) is 12.9. The molecule has 0 aliphatic carbocycles. The first-order valence-electron chi connectivity index (χ1n) is 6.25. The molecule has 0 fully saturated rings. The van der Waals surface area contributed by atoms with E-state index in [2.05, 4.69) is 11.6 Å². The Labute approximate surface area is 119 Å². The maximum Gasteiger partial charge on any atom is 0.203 e. The van der Waals surface area contributed by atoms with Gasteiger partial charge in [-0.15, -0.1) is 0 Å². The number of hydrogen-bond donors (Lipinski definition) is 1. The Bertz CT molecular complexity index is 360. The van der Waals surface area contributed by atoms with Gasteiger partial charge in [-0.25, -0.2) is 0 Å². The molecule has 5 heteroatoms. The quantitative estimate of drug-likeness (QED) is 0.706. The van der Waals surface area contributed by atoms with Gasteiger partial charge in [0, 0.05) is 6.54 Å². The highest BCUT2D eigenvalue weighted by Crippen LogP contribution is 2.38. The second-order valence-corrected chi connectivity index (χ2v) is 5.04. The molecule has 0 aliphatic rings. The molecule has 0 atom stereocenters. The molecule has 0 aliphatic heterocycles. The van der Waals surface area contributed by atoms with Gasteiger partial charge in [-0.1, -0.05) is 0 Å². The van der Waals surface area contributed by atoms with Gasteiger partial charge in [0.05, 0.1) is 21.3 Å². The number of methoxy groups -OCH3 is 3. The fourth-order valence-electron chi connectivity index (χ4n) is 1.81. The number of hydrogen-bond acceptors (Lipinski definition) is 5. The molecular formula is C14H23NO3S. The minimum atomic E-state index is 0.635. The highest BCUT2D eigenvalue weighted by molar-refractivity contribution is 7.98. The van der Waals surface area contributed by atoms with E-state index in [1.54, 1.807) is 21.3 Å². The number of rotatable bonds is 9. The molecular weight excluding hydrogens is 262 g/mol. The number of nitrogens with one attached hydrogen (secondary N) is 1. The summed E-state index contributed by atoms with van der Waals surface area (Å²) in [7, 11) is 4.88. The van der Waals surface area contributed by atoms with Crippen molar-refractivity contribution in [2.24, 2.45) is 0 Å². The number of benzene rings is 1. The van der Waals surface area contributed by atoms with Crippen LogP contribution in [0.15, 0.2) is 12.1 Å². The molecule has 0 saturated carbocycles. The lowest BCUT2D eigenvalue weighted by atomic mass is 10.1. The maximum absolute atomic E-state index is 5.33. The average molecular weight is 285 g/mol. The third-order valence-electron chi connectivity index (χ3n) is 2.76. The molecule has 1 aromatic carbocycles.